The van der Waals surface area contributed by atoms with Gasteiger partial charge < -0.3 is 9.47 Å². The van der Waals surface area contributed by atoms with Crippen molar-refractivity contribution in [3.05, 3.63) is 53.2 Å². The first-order chi connectivity index (χ1) is 14.1. The van der Waals surface area contributed by atoms with E-state index >= 15 is 0 Å². The summed E-state index contributed by atoms with van der Waals surface area (Å²) in [4.78, 5) is 11.7. The zero-order valence-electron chi connectivity index (χ0n) is 17.4. The van der Waals surface area contributed by atoms with Crippen LogP contribution >= 0.6 is 0 Å². The summed E-state index contributed by atoms with van der Waals surface area (Å²) in [5, 5.41) is 7.43. The van der Waals surface area contributed by atoms with Gasteiger partial charge in [0.1, 0.15) is 5.82 Å². The number of aromatic nitrogens is 4. The number of methoxy groups -OCH3 is 2. The Balaban J connectivity index is 1.53. The third kappa shape index (κ3) is 3.96. The lowest BCUT2D eigenvalue weighted by Crippen LogP contribution is -2.31. The lowest BCUT2D eigenvalue weighted by atomic mass is 10.0. The zero-order valence-corrected chi connectivity index (χ0v) is 17.4. The molecule has 0 saturated heterocycles. The minimum Gasteiger partial charge on any atom is -0.493 e. The van der Waals surface area contributed by atoms with E-state index in [0.717, 1.165) is 48.7 Å². The van der Waals surface area contributed by atoms with Crippen LogP contribution in [0.1, 0.15) is 42.4 Å². The Labute approximate surface area is 171 Å². The molecule has 0 atom stereocenters. The number of hydrogen-bond acceptors (Lipinski definition) is 6. The smallest absolute Gasteiger partial charge is 0.161 e. The normalized spacial score (nSPS) is 14.1. The SMILES string of the molecule is COc1ccc(-c2[nH]ncc2CN2CCc3nc(C(C)C)ncc3C2)cc1OC. The van der Waals surface area contributed by atoms with Crippen molar-refractivity contribution >= 4 is 0 Å². The zero-order chi connectivity index (χ0) is 20.4. The van der Waals surface area contributed by atoms with Crippen LogP contribution in [0.2, 0.25) is 0 Å². The van der Waals surface area contributed by atoms with Crippen molar-refractivity contribution in [2.45, 2.75) is 39.3 Å². The predicted octanol–water partition coefficient (Wildman–Crippen LogP) is 3.57. The van der Waals surface area contributed by atoms with E-state index in [1.807, 2.05) is 30.6 Å². The lowest BCUT2D eigenvalue weighted by Gasteiger charge is -2.28. The van der Waals surface area contributed by atoms with Gasteiger partial charge in [0, 0.05) is 60.6 Å². The van der Waals surface area contributed by atoms with E-state index in [-0.39, 0.29) is 0 Å². The number of hydrogen-bond donors (Lipinski definition) is 1. The number of H-pyrrole nitrogens is 1. The molecule has 0 unspecified atom stereocenters. The fraction of sp³-hybridized carbons (Fsp3) is 0.409. The summed E-state index contributed by atoms with van der Waals surface area (Å²) in [6.45, 7) is 6.89. The quantitative estimate of drug-likeness (QED) is 0.690. The molecule has 1 N–H and O–H groups in total. The molecule has 7 heteroatoms. The summed E-state index contributed by atoms with van der Waals surface area (Å²) < 4.78 is 10.8. The van der Waals surface area contributed by atoms with Crippen LogP contribution in [0.4, 0.5) is 0 Å². The number of nitrogens with zero attached hydrogens (tertiary/aromatic N) is 4. The number of fused-ring (bicyclic) bond motifs is 1. The van der Waals surface area contributed by atoms with Gasteiger partial charge in [0.05, 0.1) is 26.1 Å². The van der Waals surface area contributed by atoms with Crippen molar-refractivity contribution in [3.63, 3.8) is 0 Å². The molecular formula is C22H27N5O2. The summed E-state index contributed by atoms with van der Waals surface area (Å²) in [6.07, 6.45) is 4.84. The summed E-state index contributed by atoms with van der Waals surface area (Å²) >= 11 is 0. The van der Waals surface area contributed by atoms with Crippen LogP contribution in [0.5, 0.6) is 11.5 Å². The van der Waals surface area contributed by atoms with Gasteiger partial charge in [0.25, 0.3) is 0 Å². The molecule has 0 spiro atoms. The Morgan fingerprint density at radius 2 is 1.97 bits per heavy atom. The molecule has 1 aromatic carbocycles. The van der Waals surface area contributed by atoms with Gasteiger partial charge in [-0.1, -0.05) is 13.8 Å². The van der Waals surface area contributed by atoms with Crippen molar-refractivity contribution in [2.75, 3.05) is 20.8 Å². The van der Waals surface area contributed by atoms with Crippen molar-refractivity contribution < 1.29 is 9.47 Å². The van der Waals surface area contributed by atoms with Crippen LogP contribution in [0, 0.1) is 0 Å². The highest BCUT2D eigenvalue weighted by Crippen LogP contribution is 2.33. The first kappa shape index (κ1) is 19.4. The van der Waals surface area contributed by atoms with Gasteiger partial charge in [-0.2, -0.15) is 5.10 Å². The monoisotopic (exact) mass is 393 g/mol. The van der Waals surface area contributed by atoms with Crippen molar-refractivity contribution in [1.82, 2.24) is 25.1 Å². The second-order valence-corrected chi connectivity index (χ2v) is 7.66. The van der Waals surface area contributed by atoms with Crippen LogP contribution in [0.25, 0.3) is 11.3 Å². The third-order valence-electron chi connectivity index (χ3n) is 5.33. The highest BCUT2D eigenvalue weighted by molar-refractivity contribution is 5.66. The first-order valence-corrected chi connectivity index (χ1v) is 9.90. The lowest BCUT2D eigenvalue weighted by molar-refractivity contribution is 0.243. The topological polar surface area (TPSA) is 76.2 Å². The van der Waals surface area contributed by atoms with Gasteiger partial charge in [-0.15, -0.1) is 0 Å². The molecule has 1 aliphatic rings. The number of aromatic amines is 1. The summed E-state index contributed by atoms with van der Waals surface area (Å²) in [5.41, 5.74) is 5.59. The fourth-order valence-electron chi connectivity index (χ4n) is 3.72. The average Bonchev–Trinajstić information content (AvgIpc) is 3.20. The number of nitrogens with one attached hydrogen (secondary N) is 1. The van der Waals surface area contributed by atoms with Crippen LogP contribution < -0.4 is 9.47 Å². The standard InChI is InChI=1S/C22H27N5O2/c1-14(2)22-23-10-16-12-27(8-7-18(16)25-22)13-17-11-24-26-21(17)15-5-6-19(28-3)20(9-15)29-4/h5-6,9-11,14H,7-8,12-13H2,1-4H3,(H,24,26). The Kier molecular flexibility index (Phi) is 5.49. The second kappa shape index (κ2) is 8.21. The molecule has 29 heavy (non-hydrogen) atoms. The van der Waals surface area contributed by atoms with Crippen LogP contribution in [0.3, 0.4) is 0 Å². The van der Waals surface area contributed by atoms with Gasteiger partial charge in [-0.3, -0.25) is 10.00 Å². The van der Waals surface area contributed by atoms with Crippen molar-refractivity contribution in [2.24, 2.45) is 0 Å². The largest absolute Gasteiger partial charge is 0.493 e. The maximum Gasteiger partial charge on any atom is 0.161 e. The maximum atomic E-state index is 5.45. The number of rotatable bonds is 6. The second-order valence-electron chi connectivity index (χ2n) is 7.66. The number of ether oxygens (including phenoxy) is 2. The summed E-state index contributed by atoms with van der Waals surface area (Å²) in [7, 11) is 3.29. The Morgan fingerprint density at radius 1 is 1.14 bits per heavy atom. The molecule has 3 heterocycles. The van der Waals surface area contributed by atoms with E-state index in [9.17, 15) is 0 Å². The van der Waals surface area contributed by atoms with Gasteiger partial charge in [-0.25, -0.2) is 9.97 Å². The van der Waals surface area contributed by atoms with Crippen LogP contribution in [-0.4, -0.2) is 45.8 Å². The molecule has 3 aromatic rings. The third-order valence-corrected chi connectivity index (χ3v) is 5.33. The molecule has 0 saturated carbocycles. The molecule has 2 aromatic heterocycles. The van der Waals surface area contributed by atoms with E-state index < -0.39 is 0 Å². The first-order valence-electron chi connectivity index (χ1n) is 9.90. The Morgan fingerprint density at radius 3 is 2.72 bits per heavy atom. The molecule has 0 fully saturated rings. The van der Waals surface area contributed by atoms with Gasteiger partial charge in [-0.05, 0) is 18.2 Å². The Hall–Kier alpha value is -2.93. The number of benzene rings is 1. The molecule has 7 nitrogen and oxygen atoms in total. The molecule has 4 rings (SSSR count). The summed E-state index contributed by atoms with van der Waals surface area (Å²) in [5.74, 6) is 2.71. The fourth-order valence-corrected chi connectivity index (χ4v) is 3.72. The van der Waals surface area contributed by atoms with Crippen molar-refractivity contribution in [1.29, 1.82) is 0 Å². The van der Waals surface area contributed by atoms with E-state index in [0.29, 0.717) is 17.4 Å². The van der Waals surface area contributed by atoms with Crippen molar-refractivity contribution in [3.8, 4) is 22.8 Å². The summed E-state index contributed by atoms with van der Waals surface area (Å²) in [6, 6.07) is 5.91. The van der Waals surface area contributed by atoms with Gasteiger partial charge in [0.15, 0.2) is 11.5 Å². The van der Waals surface area contributed by atoms with Crippen LogP contribution in [-0.2, 0) is 19.5 Å². The highest BCUT2D eigenvalue weighted by atomic mass is 16.5. The van der Waals surface area contributed by atoms with Gasteiger partial charge in [0.2, 0.25) is 0 Å². The molecule has 152 valence electrons. The van der Waals surface area contributed by atoms with E-state index in [2.05, 4.69) is 33.9 Å². The molecule has 1 aliphatic heterocycles. The minimum atomic E-state index is 0.355. The molecule has 0 amide bonds. The molecule has 0 radical (unpaired) electrons. The minimum absolute atomic E-state index is 0.355. The maximum absolute atomic E-state index is 5.45. The molecule has 0 bridgehead atoms. The van der Waals surface area contributed by atoms with E-state index in [1.54, 1.807) is 14.2 Å². The molecule has 0 aliphatic carbocycles. The van der Waals surface area contributed by atoms with Gasteiger partial charge >= 0.3 is 0 Å². The highest BCUT2D eigenvalue weighted by Gasteiger charge is 2.21. The Bertz CT molecular complexity index is 999. The van der Waals surface area contributed by atoms with E-state index in [4.69, 9.17) is 14.5 Å². The van der Waals surface area contributed by atoms with E-state index in [1.165, 1.54) is 11.3 Å². The van der Waals surface area contributed by atoms with Crippen LogP contribution in [0.15, 0.2) is 30.6 Å². The molecular weight excluding hydrogens is 366 g/mol. The predicted molar refractivity (Wildman–Crippen MR) is 111 cm³/mol. The average molecular weight is 393 g/mol.